The Kier molecular flexibility index (Phi) is 5.47. The maximum absolute atomic E-state index is 13.4. The summed E-state index contributed by atoms with van der Waals surface area (Å²) in [7, 11) is 0. The molecule has 3 atom stereocenters. The Hall–Kier alpha value is -2.42. The average Bonchev–Trinajstić information content (AvgIpc) is 3.12. The molecule has 5 rings (SSSR count). The molecule has 1 aromatic heterocycles. The van der Waals surface area contributed by atoms with Crippen molar-refractivity contribution in [2.24, 2.45) is 0 Å². The number of nitrogens with zero attached hydrogens (tertiary/aromatic N) is 1. The average molecular weight is 466 g/mol. The summed E-state index contributed by atoms with van der Waals surface area (Å²) >= 11 is 6.23. The van der Waals surface area contributed by atoms with Crippen molar-refractivity contribution in [3.05, 3.63) is 58.7 Å². The fourth-order valence-corrected chi connectivity index (χ4v) is 5.03. The van der Waals surface area contributed by atoms with Crippen molar-refractivity contribution in [3.8, 4) is 5.75 Å². The molecule has 1 fully saturated rings. The topological polar surface area (TPSA) is 49.5 Å². The van der Waals surface area contributed by atoms with E-state index in [2.05, 4.69) is 15.2 Å². The number of aromatic nitrogens is 1. The second kappa shape index (κ2) is 8.17. The van der Waals surface area contributed by atoms with E-state index in [9.17, 15) is 13.2 Å². The van der Waals surface area contributed by atoms with Crippen LogP contribution in [-0.4, -0.2) is 48.3 Å². The zero-order valence-corrected chi connectivity index (χ0v) is 18.1. The highest BCUT2D eigenvalue weighted by molar-refractivity contribution is 6.37. The molecule has 170 valence electrons. The van der Waals surface area contributed by atoms with Crippen LogP contribution < -0.4 is 10.1 Å². The third-order valence-corrected chi connectivity index (χ3v) is 6.53. The van der Waals surface area contributed by atoms with E-state index < -0.39 is 11.9 Å². The maximum Gasteiger partial charge on any atom is 0.432 e. The third kappa shape index (κ3) is 3.80. The van der Waals surface area contributed by atoms with Gasteiger partial charge in [0.05, 0.1) is 29.8 Å². The molecule has 2 aliphatic rings. The minimum Gasteiger partial charge on any atom is -0.491 e. The number of anilines is 1. The number of alkyl halides is 3. The lowest BCUT2D eigenvalue weighted by molar-refractivity contribution is -0.140. The summed E-state index contributed by atoms with van der Waals surface area (Å²) in [4.78, 5) is 4.75. The Morgan fingerprint density at radius 3 is 2.75 bits per heavy atom. The largest absolute Gasteiger partial charge is 0.491 e. The van der Waals surface area contributed by atoms with Crippen molar-refractivity contribution < 1.29 is 22.6 Å². The number of aromatic amines is 1. The molecule has 0 amide bonds. The number of H-pyrrole nitrogens is 1. The van der Waals surface area contributed by atoms with Crippen LogP contribution in [0.3, 0.4) is 0 Å². The first-order valence-corrected chi connectivity index (χ1v) is 10.9. The molecule has 0 unspecified atom stereocenters. The first-order valence-electron chi connectivity index (χ1n) is 10.5. The van der Waals surface area contributed by atoms with Crippen LogP contribution in [0.5, 0.6) is 5.75 Å². The Bertz CT molecular complexity index is 1130. The Balaban J connectivity index is 1.57. The van der Waals surface area contributed by atoms with Gasteiger partial charge in [0.1, 0.15) is 18.1 Å². The summed E-state index contributed by atoms with van der Waals surface area (Å²) in [6.07, 6.45) is -4.47. The molecule has 2 aromatic carbocycles. The van der Waals surface area contributed by atoms with E-state index in [4.69, 9.17) is 21.1 Å². The number of fused-ring (bicyclic) bond motifs is 2. The van der Waals surface area contributed by atoms with Crippen LogP contribution in [0.1, 0.15) is 24.2 Å². The standard InChI is InChI=1S/C23H23ClF3N3O2/c1-13-11-30(9-10-31-13)17-12-32-18-8-3-2-5-14(18)21(17)28-15-6-4-7-16-19(15)20(24)22(29-16)23(25,26)27/h2-8,13,17,21,28-29H,9-12H2,1H3/t13-,17+,21+/m1/s1. The lowest BCUT2D eigenvalue weighted by Gasteiger charge is -2.44. The number of halogens is 4. The van der Waals surface area contributed by atoms with Crippen LogP contribution in [0.2, 0.25) is 5.02 Å². The number of rotatable bonds is 3. The number of nitrogens with one attached hydrogen (secondary N) is 2. The number of hydrogen-bond acceptors (Lipinski definition) is 4. The highest BCUT2D eigenvalue weighted by Crippen LogP contribution is 2.43. The van der Waals surface area contributed by atoms with Crippen molar-refractivity contribution in [1.82, 2.24) is 9.88 Å². The molecule has 3 heterocycles. The molecule has 32 heavy (non-hydrogen) atoms. The fourth-order valence-electron chi connectivity index (χ4n) is 4.67. The molecule has 2 aliphatic heterocycles. The second-order valence-electron chi connectivity index (χ2n) is 8.25. The molecule has 0 radical (unpaired) electrons. The van der Waals surface area contributed by atoms with E-state index in [1.54, 1.807) is 18.2 Å². The number of hydrogen-bond donors (Lipinski definition) is 2. The van der Waals surface area contributed by atoms with Gasteiger partial charge in [0.25, 0.3) is 0 Å². The van der Waals surface area contributed by atoms with Crippen molar-refractivity contribution >= 4 is 28.2 Å². The van der Waals surface area contributed by atoms with E-state index >= 15 is 0 Å². The molecule has 0 bridgehead atoms. The van der Waals surface area contributed by atoms with E-state index in [0.29, 0.717) is 29.8 Å². The van der Waals surface area contributed by atoms with Gasteiger partial charge in [-0.1, -0.05) is 35.9 Å². The Morgan fingerprint density at radius 1 is 1.16 bits per heavy atom. The lowest BCUT2D eigenvalue weighted by atomic mass is 9.94. The summed E-state index contributed by atoms with van der Waals surface area (Å²) in [6.45, 7) is 4.63. The van der Waals surface area contributed by atoms with Crippen molar-refractivity contribution in [2.45, 2.75) is 31.3 Å². The first kappa shape index (κ1) is 21.4. The zero-order valence-electron chi connectivity index (χ0n) is 17.4. The number of benzene rings is 2. The van der Waals surface area contributed by atoms with Gasteiger partial charge in [-0.05, 0) is 25.1 Å². The Morgan fingerprint density at radius 2 is 1.97 bits per heavy atom. The molecule has 0 aliphatic carbocycles. The van der Waals surface area contributed by atoms with Crippen LogP contribution in [0.4, 0.5) is 18.9 Å². The maximum atomic E-state index is 13.4. The zero-order chi connectivity index (χ0) is 22.5. The monoisotopic (exact) mass is 465 g/mol. The fraction of sp³-hybridized carbons (Fsp3) is 0.391. The smallest absolute Gasteiger partial charge is 0.432 e. The van der Waals surface area contributed by atoms with Gasteiger partial charge in [0.15, 0.2) is 0 Å². The normalized spacial score (nSPS) is 24.2. The van der Waals surface area contributed by atoms with Crippen molar-refractivity contribution in [1.29, 1.82) is 0 Å². The number of para-hydroxylation sites is 1. The third-order valence-electron chi connectivity index (χ3n) is 6.15. The van der Waals surface area contributed by atoms with Gasteiger partial charge in [0, 0.05) is 35.2 Å². The van der Waals surface area contributed by atoms with Gasteiger partial charge in [-0.15, -0.1) is 0 Å². The lowest BCUT2D eigenvalue weighted by Crippen LogP contribution is -2.54. The predicted molar refractivity (Wildman–Crippen MR) is 117 cm³/mol. The summed E-state index contributed by atoms with van der Waals surface area (Å²) < 4.78 is 52.1. The van der Waals surface area contributed by atoms with Crippen LogP contribution in [-0.2, 0) is 10.9 Å². The molecule has 3 aromatic rings. The highest BCUT2D eigenvalue weighted by atomic mass is 35.5. The summed E-state index contributed by atoms with van der Waals surface area (Å²) in [5.74, 6) is 0.769. The molecule has 9 heteroatoms. The molecule has 1 saturated heterocycles. The number of ether oxygens (including phenoxy) is 2. The van der Waals surface area contributed by atoms with Gasteiger partial charge < -0.3 is 19.8 Å². The van der Waals surface area contributed by atoms with Gasteiger partial charge in [-0.2, -0.15) is 13.2 Å². The van der Waals surface area contributed by atoms with E-state index in [1.165, 1.54) is 0 Å². The quantitative estimate of drug-likeness (QED) is 0.538. The minimum absolute atomic E-state index is 0.0219. The summed E-state index contributed by atoms with van der Waals surface area (Å²) in [5, 5.41) is 3.52. The highest BCUT2D eigenvalue weighted by Gasteiger charge is 2.39. The number of morpholine rings is 1. The predicted octanol–water partition coefficient (Wildman–Crippen LogP) is 5.48. The first-order chi connectivity index (χ1) is 15.3. The summed E-state index contributed by atoms with van der Waals surface area (Å²) in [5.41, 5.74) is 0.911. The Labute approximate surface area is 188 Å². The molecular formula is C23H23ClF3N3O2. The van der Waals surface area contributed by atoms with E-state index in [-0.39, 0.29) is 23.2 Å². The van der Waals surface area contributed by atoms with E-state index in [0.717, 1.165) is 24.4 Å². The molecular weight excluding hydrogens is 443 g/mol. The second-order valence-corrected chi connectivity index (χ2v) is 8.63. The summed E-state index contributed by atoms with van der Waals surface area (Å²) in [6, 6.07) is 12.6. The van der Waals surface area contributed by atoms with Crippen LogP contribution >= 0.6 is 11.6 Å². The van der Waals surface area contributed by atoms with Crippen LogP contribution in [0.15, 0.2) is 42.5 Å². The van der Waals surface area contributed by atoms with Crippen LogP contribution in [0, 0.1) is 0 Å². The SMILES string of the molecule is C[C@@H]1CN([C@H]2COc3ccccc3[C@@H]2Nc2cccc3[nH]c(C(F)(F)F)c(Cl)c23)CCO1. The van der Waals surface area contributed by atoms with E-state index in [1.807, 2.05) is 31.2 Å². The molecule has 0 spiro atoms. The van der Waals surface area contributed by atoms with Gasteiger partial charge in [-0.3, -0.25) is 4.90 Å². The van der Waals surface area contributed by atoms with Gasteiger partial charge in [0.2, 0.25) is 0 Å². The molecule has 2 N–H and O–H groups in total. The minimum atomic E-state index is -4.56. The van der Waals surface area contributed by atoms with Crippen LogP contribution in [0.25, 0.3) is 10.9 Å². The molecule has 5 nitrogen and oxygen atoms in total. The van der Waals surface area contributed by atoms with Crippen molar-refractivity contribution in [3.63, 3.8) is 0 Å². The van der Waals surface area contributed by atoms with Crippen molar-refractivity contribution in [2.75, 3.05) is 31.6 Å². The van der Waals surface area contributed by atoms with Gasteiger partial charge in [-0.25, -0.2) is 0 Å². The van der Waals surface area contributed by atoms with Gasteiger partial charge >= 0.3 is 6.18 Å². The molecule has 0 saturated carbocycles.